The summed E-state index contributed by atoms with van der Waals surface area (Å²) in [4.78, 5) is 13.7. The van der Waals surface area contributed by atoms with Crippen LogP contribution in [-0.4, -0.2) is 29.2 Å². The minimum Gasteiger partial charge on any atom is -0.440 e. The van der Waals surface area contributed by atoms with E-state index in [1.165, 1.54) is 0 Å². The molecule has 3 nitrogen and oxygen atoms in total. The van der Waals surface area contributed by atoms with Crippen LogP contribution in [0.15, 0.2) is 0 Å². The van der Waals surface area contributed by atoms with Gasteiger partial charge < -0.3 is 9.64 Å². The van der Waals surface area contributed by atoms with E-state index in [0.717, 1.165) is 19.4 Å². The van der Waals surface area contributed by atoms with Gasteiger partial charge in [0, 0.05) is 6.54 Å². The summed E-state index contributed by atoms with van der Waals surface area (Å²) < 4.78 is 5.73. The molecule has 0 saturated carbocycles. The summed E-state index contributed by atoms with van der Waals surface area (Å²) >= 11 is 0. The van der Waals surface area contributed by atoms with Crippen molar-refractivity contribution in [1.82, 2.24) is 4.90 Å². The van der Waals surface area contributed by atoms with Crippen LogP contribution in [0.25, 0.3) is 0 Å². The summed E-state index contributed by atoms with van der Waals surface area (Å²) in [6.07, 6.45) is 2.13. The molecule has 0 aromatic carbocycles. The number of nitrogens with zero attached hydrogens (tertiary/aromatic N) is 1. The van der Waals surface area contributed by atoms with Crippen LogP contribution < -0.4 is 0 Å². The summed E-state index contributed by atoms with van der Waals surface area (Å²) in [6, 6.07) is 0.310. The van der Waals surface area contributed by atoms with Gasteiger partial charge >= 0.3 is 6.09 Å². The largest absolute Gasteiger partial charge is 0.440 e. The first-order valence-corrected chi connectivity index (χ1v) is 5.99. The van der Waals surface area contributed by atoms with Crippen LogP contribution in [0.2, 0.25) is 0 Å². The number of hydrogen-bond acceptors (Lipinski definition) is 2. The lowest BCUT2D eigenvalue weighted by molar-refractivity contribution is -0.0439. The predicted octanol–water partition coefficient (Wildman–Crippen LogP) is 2.65. The second-order valence-corrected chi connectivity index (χ2v) is 5.38. The van der Waals surface area contributed by atoms with E-state index in [1.54, 1.807) is 0 Å². The van der Waals surface area contributed by atoms with Crippen molar-refractivity contribution in [2.75, 3.05) is 6.54 Å². The molecule has 0 aromatic heterocycles. The van der Waals surface area contributed by atoms with Gasteiger partial charge in [0.2, 0.25) is 0 Å². The summed E-state index contributed by atoms with van der Waals surface area (Å²) in [6.45, 7) is 9.53. The minimum atomic E-state index is -0.256. The molecule has 0 spiro atoms. The fourth-order valence-corrected chi connectivity index (χ4v) is 3.40. The summed E-state index contributed by atoms with van der Waals surface area (Å²) in [5.74, 6) is 0.768. The van der Waals surface area contributed by atoms with Crippen molar-refractivity contribution >= 4 is 6.09 Å². The molecule has 1 amide bonds. The van der Waals surface area contributed by atoms with Crippen LogP contribution in [-0.2, 0) is 4.74 Å². The number of carbonyl (C=O) groups excluding carboxylic acids is 1. The van der Waals surface area contributed by atoms with Crippen LogP contribution in [0.3, 0.4) is 0 Å². The van der Waals surface area contributed by atoms with Gasteiger partial charge in [0.1, 0.15) is 5.60 Å². The third-order valence-electron chi connectivity index (χ3n) is 4.08. The van der Waals surface area contributed by atoms with Crippen molar-refractivity contribution in [3.63, 3.8) is 0 Å². The maximum absolute atomic E-state index is 11.8. The normalized spacial score (nSPS) is 28.8. The van der Waals surface area contributed by atoms with Crippen LogP contribution >= 0.6 is 0 Å². The molecule has 0 aliphatic carbocycles. The van der Waals surface area contributed by atoms with Gasteiger partial charge in [0.25, 0.3) is 0 Å². The van der Waals surface area contributed by atoms with Crippen molar-refractivity contribution in [2.24, 2.45) is 11.8 Å². The van der Waals surface area contributed by atoms with E-state index in [9.17, 15) is 4.79 Å². The molecular weight excluding hydrogens is 190 g/mol. The quantitative estimate of drug-likeness (QED) is 0.702. The zero-order valence-corrected chi connectivity index (χ0v) is 10.1. The molecule has 1 atom stereocenters. The monoisotopic (exact) mass is 211 g/mol. The van der Waals surface area contributed by atoms with Crippen molar-refractivity contribution < 1.29 is 9.53 Å². The van der Waals surface area contributed by atoms with Crippen LogP contribution in [0.1, 0.15) is 40.5 Å². The maximum Gasteiger partial charge on any atom is 0.410 e. The number of rotatable bonds is 2. The van der Waals surface area contributed by atoms with E-state index >= 15 is 0 Å². The molecule has 2 saturated heterocycles. The number of hydrogen-bond donors (Lipinski definition) is 0. The van der Waals surface area contributed by atoms with Gasteiger partial charge in [-0.15, -0.1) is 0 Å². The van der Waals surface area contributed by atoms with Crippen LogP contribution in [0, 0.1) is 11.8 Å². The van der Waals surface area contributed by atoms with Crippen molar-refractivity contribution in [1.29, 1.82) is 0 Å². The molecule has 0 N–H and O–H groups in total. The van der Waals surface area contributed by atoms with Gasteiger partial charge in [-0.1, -0.05) is 27.7 Å². The molecular formula is C12H21NO2. The second-order valence-electron chi connectivity index (χ2n) is 5.38. The van der Waals surface area contributed by atoms with E-state index in [2.05, 4.69) is 27.7 Å². The average Bonchev–Trinajstić information content (AvgIpc) is 2.68. The molecule has 15 heavy (non-hydrogen) atoms. The van der Waals surface area contributed by atoms with Gasteiger partial charge in [0.05, 0.1) is 6.04 Å². The van der Waals surface area contributed by atoms with Gasteiger partial charge in [-0.25, -0.2) is 4.79 Å². The Bertz CT molecular complexity index is 265. The van der Waals surface area contributed by atoms with E-state index < -0.39 is 0 Å². The molecule has 2 heterocycles. The van der Waals surface area contributed by atoms with Crippen molar-refractivity contribution in [3.8, 4) is 0 Å². The lowest BCUT2D eigenvalue weighted by Gasteiger charge is -2.39. The van der Waals surface area contributed by atoms with Crippen LogP contribution in [0.5, 0.6) is 0 Å². The fourth-order valence-electron chi connectivity index (χ4n) is 3.40. The first-order chi connectivity index (χ1) is 7.00. The molecule has 2 rings (SSSR count). The number of carbonyl (C=O) groups is 1. The molecule has 2 aliphatic rings. The molecule has 2 aliphatic heterocycles. The summed E-state index contributed by atoms with van der Waals surface area (Å²) in [5, 5.41) is 0. The highest BCUT2D eigenvalue weighted by atomic mass is 16.6. The highest BCUT2D eigenvalue weighted by Gasteiger charge is 2.58. The molecule has 0 bridgehead atoms. The molecule has 0 aromatic rings. The Balaban J connectivity index is 2.37. The number of ether oxygens (including phenoxy) is 1. The van der Waals surface area contributed by atoms with Crippen molar-refractivity contribution in [3.05, 3.63) is 0 Å². The van der Waals surface area contributed by atoms with Gasteiger partial charge in [-0.05, 0) is 24.7 Å². The smallest absolute Gasteiger partial charge is 0.410 e. The number of fused-ring (bicyclic) bond motifs is 1. The average molecular weight is 211 g/mol. The van der Waals surface area contributed by atoms with Crippen molar-refractivity contribution in [2.45, 2.75) is 52.2 Å². The summed E-state index contributed by atoms with van der Waals surface area (Å²) in [7, 11) is 0. The predicted molar refractivity (Wildman–Crippen MR) is 58.6 cm³/mol. The minimum absolute atomic E-state index is 0.0973. The Labute approximate surface area is 91.8 Å². The lowest BCUT2D eigenvalue weighted by atomic mass is 9.74. The van der Waals surface area contributed by atoms with Gasteiger partial charge in [-0.2, -0.15) is 0 Å². The van der Waals surface area contributed by atoms with E-state index in [1.807, 2.05) is 4.90 Å². The lowest BCUT2D eigenvalue weighted by Crippen LogP contribution is -2.50. The Morgan fingerprint density at radius 3 is 2.47 bits per heavy atom. The van der Waals surface area contributed by atoms with Crippen LogP contribution in [0.4, 0.5) is 4.79 Å². The van der Waals surface area contributed by atoms with Gasteiger partial charge in [0.15, 0.2) is 0 Å². The maximum atomic E-state index is 11.8. The highest BCUT2D eigenvalue weighted by molar-refractivity contribution is 5.72. The number of amides is 1. The second kappa shape index (κ2) is 3.39. The highest BCUT2D eigenvalue weighted by Crippen LogP contribution is 2.45. The Morgan fingerprint density at radius 1 is 1.33 bits per heavy atom. The zero-order chi connectivity index (χ0) is 11.2. The third kappa shape index (κ3) is 1.28. The SMILES string of the molecule is CC(C)C1(C(C)C)OC(=O)N2CCCC21. The fraction of sp³-hybridized carbons (Fsp3) is 0.917. The molecule has 2 fully saturated rings. The standard InChI is InChI=1S/C12H21NO2/c1-8(2)12(9(3)4)10-6-5-7-13(10)11(14)15-12/h8-10H,5-7H2,1-4H3. The topological polar surface area (TPSA) is 29.5 Å². The van der Waals surface area contributed by atoms with Gasteiger partial charge in [-0.3, -0.25) is 0 Å². The first kappa shape index (κ1) is 10.8. The molecule has 1 unspecified atom stereocenters. The Morgan fingerprint density at radius 2 is 1.93 bits per heavy atom. The summed E-state index contributed by atoms with van der Waals surface area (Å²) in [5.41, 5.74) is -0.256. The zero-order valence-electron chi connectivity index (χ0n) is 10.1. The Hall–Kier alpha value is -0.730. The van der Waals surface area contributed by atoms with E-state index in [0.29, 0.717) is 17.9 Å². The number of cyclic esters (lactones) is 1. The molecule has 3 heteroatoms. The van der Waals surface area contributed by atoms with E-state index in [-0.39, 0.29) is 11.7 Å². The molecule has 0 radical (unpaired) electrons. The van der Waals surface area contributed by atoms with E-state index in [4.69, 9.17) is 4.74 Å². The molecule has 86 valence electrons. The first-order valence-electron chi connectivity index (χ1n) is 5.99. The third-order valence-corrected chi connectivity index (χ3v) is 4.08. The Kier molecular flexibility index (Phi) is 2.44.